The average molecular weight is 914 g/mol. The Balaban J connectivity index is 0.000000196. The van der Waals surface area contributed by atoms with E-state index in [0.29, 0.717) is 56.4 Å². The highest BCUT2D eigenvalue weighted by Crippen LogP contribution is 2.33. The number of rotatable bonds is 10. The number of aliphatic hydroxyl groups is 1. The molecule has 0 saturated carbocycles. The summed E-state index contributed by atoms with van der Waals surface area (Å²) in [5, 5.41) is 15.9. The number of hydrogen-bond acceptors (Lipinski definition) is 7. The molecule has 0 bridgehead atoms. The van der Waals surface area contributed by atoms with Gasteiger partial charge >= 0.3 is 0 Å². The molecule has 0 aliphatic heterocycles. The van der Waals surface area contributed by atoms with Crippen LogP contribution in [-0.2, 0) is 15.6 Å². The van der Waals surface area contributed by atoms with Crippen LogP contribution in [0.1, 0.15) is 56.0 Å². The van der Waals surface area contributed by atoms with Gasteiger partial charge in [-0.3, -0.25) is 0 Å². The fourth-order valence-corrected chi connectivity index (χ4v) is 7.41. The third-order valence-electron chi connectivity index (χ3n) is 9.71. The molecule has 0 fully saturated rings. The number of aromatic amines is 2. The van der Waals surface area contributed by atoms with Crippen molar-refractivity contribution < 1.29 is 40.6 Å². The molecular weight excluding hydrogens is 871 g/mol. The molecule has 15 heteroatoms. The van der Waals surface area contributed by atoms with Gasteiger partial charge in [-0.1, -0.05) is 66.4 Å². The van der Waals surface area contributed by atoms with Crippen LogP contribution in [0.4, 0.5) is 17.6 Å². The van der Waals surface area contributed by atoms with Crippen LogP contribution in [0.25, 0.3) is 44.3 Å². The van der Waals surface area contributed by atoms with Crippen LogP contribution >= 0.6 is 0 Å². The van der Waals surface area contributed by atoms with E-state index in [-0.39, 0.29) is 4.90 Å². The summed E-state index contributed by atoms with van der Waals surface area (Å²) in [5.41, 5.74) is 7.32. The van der Waals surface area contributed by atoms with Crippen molar-refractivity contribution in [1.29, 1.82) is 0 Å². The number of nitrogens with two attached hydrogens (primary N) is 1. The van der Waals surface area contributed by atoms with E-state index in [4.69, 9.17) is 14.6 Å². The van der Waals surface area contributed by atoms with Crippen molar-refractivity contribution in [2.75, 3.05) is 13.2 Å². The number of nitrogens with one attached hydrogen (secondary N) is 2. The minimum Gasteiger partial charge on any atom is -0.487 e. The highest BCUT2D eigenvalue weighted by molar-refractivity contribution is 7.89. The second-order valence-corrected chi connectivity index (χ2v) is 17.6. The maximum Gasteiger partial charge on any atom is 0.278 e. The molecular formula is C51H43F4N5O5S. The Hall–Kier alpha value is -7.43. The molecule has 0 unspecified atom stereocenters. The van der Waals surface area contributed by atoms with E-state index in [2.05, 4.69) is 43.6 Å². The highest BCUT2D eigenvalue weighted by Gasteiger charge is 2.23. The van der Waals surface area contributed by atoms with Gasteiger partial charge in [0.1, 0.15) is 11.5 Å². The smallest absolute Gasteiger partial charge is 0.278 e. The van der Waals surface area contributed by atoms with Crippen LogP contribution in [0.2, 0.25) is 0 Å². The van der Waals surface area contributed by atoms with Gasteiger partial charge in [-0.05, 0) is 127 Å². The molecule has 0 aliphatic rings. The summed E-state index contributed by atoms with van der Waals surface area (Å²) in [5.74, 6) is 7.76. The Morgan fingerprint density at radius 1 is 0.591 bits per heavy atom. The quantitative estimate of drug-likeness (QED) is 0.0786. The van der Waals surface area contributed by atoms with E-state index in [9.17, 15) is 31.1 Å². The Morgan fingerprint density at radius 2 is 1.02 bits per heavy atom. The lowest BCUT2D eigenvalue weighted by molar-refractivity contribution is -0.0233. The first-order chi connectivity index (χ1) is 31.2. The molecule has 8 aromatic rings. The van der Waals surface area contributed by atoms with Crippen molar-refractivity contribution in [3.05, 3.63) is 162 Å². The van der Waals surface area contributed by atoms with Crippen molar-refractivity contribution in [2.24, 2.45) is 5.14 Å². The van der Waals surface area contributed by atoms with Gasteiger partial charge in [0.05, 0.1) is 32.6 Å². The zero-order chi connectivity index (χ0) is 47.3. The zero-order valence-corrected chi connectivity index (χ0v) is 36.9. The maximum absolute atomic E-state index is 12.9. The summed E-state index contributed by atoms with van der Waals surface area (Å²) < 4.78 is 85.5. The number of benzene rings is 6. The summed E-state index contributed by atoms with van der Waals surface area (Å²) in [6.45, 7) is 3.79. The lowest BCUT2D eigenvalue weighted by Gasteiger charge is -2.21. The van der Waals surface area contributed by atoms with E-state index in [0.717, 1.165) is 41.6 Å². The summed E-state index contributed by atoms with van der Waals surface area (Å²) in [6, 6.07) is 38.6. The second kappa shape index (κ2) is 19.0. The molecule has 0 radical (unpaired) electrons. The molecule has 6 aromatic carbocycles. The number of primary sulfonamides is 1. The SMILES string of the molecule is CC(F)(F)COc1ccc(C#Cc2nc3ccc(-c4ccccc4C(C)(C)O)cc3[nH]2)cc1.CC(F)(F)COc1ccc(C#Cc2nc3ccc(-c4ccccc4S(N)(=O)=O)cc3[nH]2)cc1. The largest absolute Gasteiger partial charge is 0.487 e. The van der Waals surface area contributed by atoms with Gasteiger partial charge < -0.3 is 24.5 Å². The third-order valence-corrected chi connectivity index (χ3v) is 10.7. The van der Waals surface area contributed by atoms with Gasteiger partial charge in [0, 0.05) is 30.5 Å². The Labute approximate surface area is 378 Å². The molecule has 10 nitrogen and oxygen atoms in total. The summed E-state index contributed by atoms with van der Waals surface area (Å²) in [4.78, 5) is 15.3. The fourth-order valence-electron chi connectivity index (χ4n) is 6.65. The zero-order valence-electron chi connectivity index (χ0n) is 36.1. The number of halogens is 4. The van der Waals surface area contributed by atoms with Gasteiger partial charge in [0.25, 0.3) is 11.8 Å². The molecule has 66 heavy (non-hydrogen) atoms. The van der Waals surface area contributed by atoms with Crippen molar-refractivity contribution in [1.82, 2.24) is 19.9 Å². The van der Waals surface area contributed by atoms with E-state index < -0.39 is 40.7 Å². The summed E-state index contributed by atoms with van der Waals surface area (Å²) >= 11 is 0. The first kappa shape index (κ1) is 46.6. The Morgan fingerprint density at radius 3 is 1.45 bits per heavy atom. The lowest BCUT2D eigenvalue weighted by Crippen LogP contribution is -2.20. The lowest BCUT2D eigenvalue weighted by atomic mass is 9.89. The monoisotopic (exact) mass is 913 g/mol. The van der Waals surface area contributed by atoms with Crippen molar-refractivity contribution in [3.63, 3.8) is 0 Å². The fraction of sp³-hybridized carbons (Fsp3) is 0.176. The number of fused-ring (bicyclic) bond motifs is 2. The van der Waals surface area contributed by atoms with Gasteiger partial charge in [-0.15, -0.1) is 0 Å². The Kier molecular flexibility index (Phi) is 13.4. The molecule has 0 amide bonds. The first-order valence-electron chi connectivity index (χ1n) is 20.4. The van der Waals surface area contributed by atoms with E-state index in [1.807, 2.05) is 42.5 Å². The van der Waals surface area contributed by atoms with E-state index >= 15 is 0 Å². The van der Waals surface area contributed by atoms with E-state index in [1.165, 1.54) is 6.07 Å². The topological polar surface area (TPSA) is 156 Å². The number of sulfonamides is 1. The van der Waals surface area contributed by atoms with Crippen molar-refractivity contribution >= 4 is 32.1 Å². The van der Waals surface area contributed by atoms with Crippen LogP contribution in [0.5, 0.6) is 11.5 Å². The number of ether oxygens (including phenoxy) is 2. The number of H-pyrrole nitrogens is 2. The molecule has 2 heterocycles. The van der Waals surface area contributed by atoms with Crippen LogP contribution < -0.4 is 14.6 Å². The molecule has 2 aromatic heterocycles. The Bertz CT molecular complexity index is 3260. The minimum atomic E-state index is -3.88. The predicted molar refractivity (Wildman–Crippen MR) is 247 cm³/mol. The van der Waals surface area contributed by atoms with Gasteiger partial charge in [0.15, 0.2) is 24.9 Å². The predicted octanol–water partition coefficient (Wildman–Crippen LogP) is 10.2. The molecule has 0 atom stereocenters. The standard InChI is InChI=1S/C27H24F2N2O2.C24H19F2N3O3S/c1-26(2,32)22-7-5-4-6-21(22)19-11-14-23-24(16-19)31-25(30-23)15-10-18-8-12-20(13-9-18)33-17-27(3,28)29;1-24(25,26)15-32-18-10-6-16(7-11-18)8-13-23-28-20-12-9-17(14-21(20)29-23)19-4-2-3-5-22(19)33(27,30)31/h4-9,11-14,16,32H,17H2,1-3H3,(H,30,31);2-7,9-12,14H,15H2,1H3,(H,28,29)(H2,27,30,31). The number of aromatic nitrogens is 4. The minimum absolute atomic E-state index is 0.0407. The van der Waals surface area contributed by atoms with Gasteiger partial charge in [-0.25, -0.2) is 41.1 Å². The van der Waals surface area contributed by atoms with Crippen LogP contribution in [0.15, 0.2) is 138 Å². The van der Waals surface area contributed by atoms with Gasteiger partial charge in [-0.2, -0.15) is 0 Å². The molecule has 0 aliphatic carbocycles. The number of hydrogen-bond donors (Lipinski definition) is 4. The van der Waals surface area contributed by atoms with Crippen LogP contribution in [-0.4, -0.2) is 58.5 Å². The van der Waals surface area contributed by atoms with Gasteiger partial charge in [0.2, 0.25) is 10.0 Å². The number of nitrogens with zero attached hydrogens (tertiary/aromatic N) is 2. The second-order valence-electron chi connectivity index (χ2n) is 16.0. The van der Waals surface area contributed by atoms with Crippen molar-refractivity contribution in [3.8, 4) is 57.4 Å². The van der Waals surface area contributed by atoms with Crippen LogP contribution in [0, 0.1) is 23.7 Å². The average Bonchev–Trinajstić information content (AvgIpc) is 3.89. The normalized spacial score (nSPS) is 11.8. The molecule has 336 valence electrons. The number of alkyl halides is 4. The molecule has 0 spiro atoms. The molecule has 8 rings (SSSR count). The first-order valence-corrected chi connectivity index (χ1v) is 21.9. The molecule has 0 saturated heterocycles. The van der Waals surface area contributed by atoms with Crippen molar-refractivity contribution in [2.45, 2.75) is 50.0 Å². The maximum atomic E-state index is 12.9. The molecule has 5 N–H and O–H groups in total. The summed E-state index contributed by atoms with van der Waals surface area (Å²) in [6.07, 6.45) is 0. The van der Waals surface area contributed by atoms with E-state index in [1.54, 1.807) is 98.8 Å². The third kappa shape index (κ3) is 12.4. The summed E-state index contributed by atoms with van der Waals surface area (Å²) in [7, 11) is -3.88. The van der Waals surface area contributed by atoms with Crippen LogP contribution in [0.3, 0.4) is 0 Å². The number of imidazole rings is 2. The highest BCUT2D eigenvalue weighted by atomic mass is 32.2.